The van der Waals surface area contributed by atoms with Crippen molar-refractivity contribution in [2.45, 2.75) is 56.9 Å². The maximum atomic E-state index is 13.1. The average molecular weight is 342 g/mol. The van der Waals surface area contributed by atoms with E-state index in [0.29, 0.717) is 6.54 Å². The zero-order valence-electron chi connectivity index (χ0n) is 14.8. The van der Waals surface area contributed by atoms with Crippen molar-refractivity contribution in [1.29, 1.82) is 0 Å². The summed E-state index contributed by atoms with van der Waals surface area (Å²) >= 11 is 0. The zero-order valence-corrected chi connectivity index (χ0v) is 14.8. The molecule has 4 nitrogen and oxygen atoms in total. The minimum atomic E-state index is -2.47. The molecular formula is C18H32F2N4. The van der Waals surface area contributed by atoms with Gasteiger partial charge in [-0.3, -0.25) is 15.1 Å². The lowest BCUT2D eigenvalue weighted by Crippen LogP contribution is -2.47. The summed E-state index contributed by atoms with van der Waals surface area (Å²) in [6.07, 6.45) is 7.51. The monoisotopic (exact) mass is 342 g/mol. The number of nitrogens with zero attached hydrogens (tertiary/aromatic N) is 3. The van der Waals surface area contributed by atoms with Crippen molar-refractivity contribution in [3.63, 3.8) is 0 Å². The second kappa shape index (κ2) is 8.88. The first-order chi connectivity index (χ1) is 11.6. The van der Waals surface area contributed by atoms with Gasteiger partial charge in [-0.05, 0) is 58.3 Å². The van der Waals surface area contributed by atoms with Gasteiger partial charge in [0.15, 0.2) is 0 Å². The average Bonchev–Trinajstić information content (AvgIpc) is 2.95. The van der Waals surface area contributed by atoms with E-state index in [1.165, 1.54) is 45.2 Å². The van der Waals surface area contributed by atoms with Gasteiger partial charge >= 0.3 is 0 Å². The van der Waals surface area contributed by atoms with E-state index >= 15 is 0 Å². The molecule has 0 bridgehead atoms. The van der Waals surface area contributed by atoms with Crippen LogP contribution in [-0.2, 0) is 0 Å². The molecule has 0 spiro atoms. The van der Waals surface area contributed by atoms with Crippen LogP contribution in [0.25, 0.3) is 0 Å². The summed E-state index contributed by atoms with van der Waals surface area (Å²) in [5.41, 5.74) is 0. The van der Waals surface area contributed by atoms with Gasteiger partial charge < -0.3 is 4.90 Å². The third kappa shape index (κ3) is 5.61. The maximum absolute atomic E-state index is 13.1. The molecule has 1 N–H and O–H groups in total. The fourth-order valence-corrected chi connectivity index (χ4v) is 4.18. The maximum Gasteiger partial charge on any atom is 0.261 e. The minimum Gasteiger partial charge on any atom is -0.300 e. The van der Waals surface area contributed by atoms with Gasteiger partial charge in [0.05, 0.1) is 6.54 Å². The Balaban J connectivity index is 1.21. The van der Waals surface area contributed by atoms with Crippen molar-refractivity contribution in [1.82, 2.24) is 20.0 Å². The van der Waals surface area contributed by atoms with E-state index in [1.807, 2.05) is 4.90 Å². The molecular weight excluding hydrogens is 310 g/mol. The van der Waals surface area contributed by atoms with E-state index in [0.717, 1.165) is 38.6 Å². The second-order valence-electron chi connectivity index (χ2n) is 7.59. The number of hydrogen-bond acceptors (Lipinski definition) is 4. The molecule has 0 aromatic rings. The summed E-state index contributed by atoms with van der Waals surface area (Å²) in [6, 6.07) is 0.764. The topological polar surface area (TPSA) is 21.8 Å². The molecule has 0 unspecified atom stereocenters. The molecule has 0 aromatic heterocycles. The molecule has 3 aliphatic rings. The highest BCUT2D eigenvalue weighted by Gasteiger charge is 2.37. The molecule has 0 saturated carbocycles. The Labute approximate surface area is 145 Å². The number of rotatable bonds is 7. The van der Waals surface area contributed by atoms with Gasteiger partial charge in [0.25, 0.3) is 5.92 Å². The van der Waals surface area contributed by atoms with Crippen LogP contribution in [0.1, 0.15) is 44.9 Å². The Morgan fingerprint density at radius 3 is 2.42 bits per heavy atom. The van der Waals surface area contributed by atoms with Gasteiger partial charge in [0.1, 0.15) is 6.67 Å². The quantitative estimate of drug-likeness (QED) is 0.566. The van der Waals surface area contributed by atoms with Gasteiger partial charge in [-0.15, -0.1) is 0 Å². The molecule has 3 rings (SSSR count). The Hall–Kier alpha value is -0.300. The first-order valence-electron chi connectivity index (χ1n) is 9.70. The fraction of sp³-hybridized carbons (Fsp3) is 0.944. The van der Waals surface area contributed by atoms with Crippen LogP contribution in [0.4, 0.5) is 8.78 Å². The van der Waals surface area contributed by atoms with Gasteiger partial charge in [0, 0.05) is 32.1 Å². The van der Waals surface area contributed by atoms with E-state index in [2.05, 4.69) is 21.8 Å². The Kier molecular flexibility index (Phi) is 6.84. The highest BCUT2D eigenvalue weighted by Crippen LogP contribution is 2.26. The molecule has 3 heterocycles. The lowest BCUT2D eigenvalue weighted by atomic mass is 10.0. The second-order valence-corrected chi connectivity index (χ2v) is 7.59. The molecule has 0 amide bonds. The van der Waals surface area contributed by atoms with Gasteiger partial charge in [-0.2, -0.15) is 0 Å². The number of alkyl halides is 2. The van der Waals surface area contributed by atoms with Gasteiger partial charge in [-0.25, -0.2) is 8.78 Å². The van der Waals surface area contributed by atoms with Crippen LogP contribution in [0, 0.1) is 6.67 Å². The van der Waals surface area contributed by atoms with Crippen molar-refractivity contribution in [2.75, 3.05) is 52.4 Å². The summed E-state index contributed by atoms with van der Waals surface area (Å²) in [6.45, 7) is 10.0. The van der Waals surface area contributed by atoms with Crippen LogP contribution in [0.3, 0.4) is 0 Å². The molecule has 3 aliphatic heterocycles. The first-order valence-corrected chi connectivity index (χ1v) is 9.70. The summed E-state index contributed by atoms with van der Waals surface area (Å²) < 4.78 is 26.2. The van der Waals surface area contributed by atoms with Crippen LogP contribution < -0.4 is 5.32 Å². The third-order valence-corrected chi connectivity index (χ3v) is 5.63. The summed E-state index contributed by atoms with van der Waals surface area (Å²) in [5, 5.41) is 3.24. The number of piperidine rings is 2. The molecule has 6 heteroatoms. The highest BCUT2D eigenvalue weighted by molar-refractivity contribution is 4.84. The van der Waals surface area contributed by atoms with E-state index < -0.39 is 5.92 Å². The van der Waals surface area contributed by atoms with E-state index in [9.17, 15) is 8.78 Å². The van der Waals surface area contributed by atoms with Crippen LogP contribution in [-0.4, -0.2) is 79.0 Å². The number of halogens is 2. The fourth-order valence-electron chi connectivity index (χ4n) is 4.18. The Bertz CT molecular complexity index is 366. The van der Waals surface area contributed by atoms with Crippen molar-refractivity contribution in [3.05, 3.63) is 6.67 Å². The summed E-state index contributed by atoms with van der Waals surface area (Å²) in [5.74, 6) is -2.47. The first kappa shape index (κ1) is 18.5. The van der Waals surface area contributed by atoms with Gasteiger partial charge in [-0.1, -0.05) is 6.42 Å². The Morgan fingerprint density at radius 1 is 1.00 bits per heavy atom. The molecule has 24 heavy (non-hydrogen) atoms. The van der Waals surface area contributed by atoms with Crippen LogP contribution >= 0.6 is 0 Å². The van der Waals surface area contributed by atoms with Crippen molar-refractivity contribution in [2.24, 2.45) is 0 Å². The number of likely N-dealkylation sites (tertiary alicyclic amines) is 3. The van der Waals surface area contributed by atoms with Crippen LogP contribution in [0.2, 0.25) is 0 Å². The molecule has 3 saturated heterocycles. The predicted molar refractivity (Wildman–Crippen MR) is 91.9 cm³/mol. The lowest BCUT2D eigenvalue weighted by molar-refractivity contribution is 0.0121. The van der Waals surface area contributed by atoms with E-state index in [1.54, 1.807) is 0 Å². The van der Waals surface area contributed by atoms with E-state index in [4.69, 9.17) is 0 Å². The lowest BCUT2D eigenvalue weighted by Gasteiger charge is -2.39. The van der Waals surface area contributed by atoms with Gasteiger partial charge in [0.2, 0.25) is 0 Å². The normalized spacial score (nSPS) is 27.8. The van der Waals surface area contributed by atoms with Crippen molar-refractivity contribution in [3.8, 4) is 0 Å². The summed E-state index contributed by atoms with van der Waals surface area (Å²) in [4.78, 5) is 6.80. The molecule has 0 aliphatic carbocycles. The molecule has 138 valence electrons. The van der Waals surface area contributed by atoms with Crippen molar-refractivity contribution >= 4 is 0 Å². The highest BCUT2D eigenvalue weighted by atomic mass is 19.3. The number of nitrogens with one attached hydrogen (secondary N) is 1. The standard InChI is InChI=1S/C18H32F2N4/c19-18(20)7-14-22(15-18)9-4-8-21-16-23-12-5-17(6-13-23)24-10-2-1-3-11-24/h17,21H,1-15H2. The number of hydrogen-bond donors (Lipinski definition) is 1. The molecule has 3 fully saturated rings. The molecule has 2 radical (unpaired) electrons. The Morgan fingerprint density at radius 2 is 1.75 bits per heavy atom. The molecule has 0 aromatic carbocycles. The van der Waals surface area contributed by atoms with Crippen LogP contribution in [0.15, 0.2) is 0 Å². The smallest absolute Gasteiger partial charge is 0.261 e. The largest absolute Gasteiger partial charge is 0.300 e. The third-order valence-electron chi connectivity index (χ3n) is 5.63. The predicted octanol–water partition coefficient (Wildman–Crippen LogP) is 2.25. The van der Waals surface area contributed by atoms with Crippen molar-refractivity contribution < 1.29 is 8.78 Å². The van der Waals surface area contributed by atoms with Crippen LogP contribution in [0.5, 0.6) is 0 Å². The molecule has 0 atom stereocenters. The zero-order chi connectivity index (χ0) is 16.8. The summed E-state index contributed by atoms with van der Waals surface area (Å²) in [7, 11) is 0. The SMILES string of the molecule is FC1(F)CCN(CCCN[C]N2CCC(N3CCCCC3)CC2)C1. The van der Waals surface area contributed by atoms with E-state index in [-0.39, 0.29) is 13.0 Å². The minimum absolute atomic E-state index is 0.0185.